The molecule has 88 valence electrons. The van der Waals surface area contributed by atoms with Crippen molar-refractivity contribution in [3.63, 3.8) is 0 Å². The summed E-state index contributed by atoms with van der Waals surface area (Å²) in [5.74, 6) is -0.410. The molecule has 2 aliphatic heterocycles. The van der Waals surface area contributed by atoms with Gasteiger partial charge in [-0.15, -0.1) is 0 Å². The van der Waals surface area contributed by atoms with Crippen LogP contribution in [-0.2, 0) is 9.59 Å². The Hall–Kier alpha value is -1.59. The fourth-order valence-corrected chi connectivity index (χ4v) is 2.54. The Morgan fingerprint density at radius 1 is 1.19 bits per heavy atom. The van der Waals surface area contributed by atoms with E-state index in [2.05, 4.69) is 5.32 Å². The molecule has 0 bridgehead atoms. The molecule has 6 nitrogen and oxygen atoms in total. The van der Waals surface area contributed by atoms with Gasteiger partial charge in [-0.25, -0.2) is 4.79 Å². The highest BCUT2D eigenvalue weighted by Crippen LogP contribution is 2.40. The van der Waals surface area contributed by atoms with Gasteiger partial charge in [0.25, 0.3) is 0 Å². The molecule has 0 unspecified atom stereocenters. The lowest BCUT2D eigenvalue weighted by atomic mass is 9.71. The van der Waals surface area contributed by atoms with Gasteiger partial charge in [-0.2, -0.15) is 0 Å². The Morgan fingerprint density at radius 3 is 2.12 bits per heavy atom. The van der Waals surface area contributed by atoms with E-state index in [0.717, 1.165) is 0 Å². The van der Waals surface area contributed by atoms with Gasteiger partial charge in [0, 0.05) is 25.9 Å². The molecule has 0 atom stereocenters. The molecule has 2 rings (SSSR count). The Balaban J connectivity index is 2.03. The fraction of sp³-hybridized carbons (Fsp3) is 0.700. The van der Waals surface area contributed by atoms with E-state index in [-0.39, 0.29) is 17.2 Å². The van der Waals surface area contributed by atoms with E-state index in [1.165, 1.54) is 0 Å². The number of nitrogens with two attached hydrogens (primary N) is 1. The third kappa shape index (κ3) is 2.00. The number of piperidine rings is 2. The summed E-state index contributed by atoms with van der Waals surface area (Å²) in [6, 6.07) is -0.429. The summed E-state index contributed by atoms with van der Waals surface area (Å²) in [5.41, 5.74) is 4.94. The largest absolute Gasteiger partial charge is 0.351 e. The molecule has 0 radical (unpaired) electrons. The van der Waals surface area contributed by atoms with Crippen LogP contribution in [0, 0.1) is 5.41 Å². The second-order valence-corrected chi connectivity index (χ2v) is 4.65. The molecular weight excluding hydrogens is 210 g/mol. The molecule has 0 saturated carbocycles. The van der Waals surface area contributed by atoms with Crippen LogP contribution >= 0.6 is 0 Å². The van der Waals surface area contributed by atoms with Crippen molar-refractivity contribution in [1.29, 1.82) is 0 Å². The van der Waals surface area contributed by atoms with Crippen LogP contribution in [0.25, 0.3) is 0 Å². The minimum atomic E-state index is -0.429. The minimum absolute atomic E-state index is 0.205. The number of hydrogen-bond acceptors (Lipinski definition) is 3. The van der Waals surface area contributed by atoms with Gasteiger partial charge in [-0.1, -0.05) is 0 Å². The number of primary amides is 1. The van der Waals surface area contributed by atoms with Crippen molar-refractivity contribution in [3.05, 3.63) is 0 Å². The van der Waals surface area contributed by atoms with Gasteiger partial charge in [0.2, 0.25) is 11.8 Å². The van der Waals surface area contributed by atoms with Crippen molar-refractivity contribution >= 4 is 17.8 Å². The number of nitrogens with zero attached hydrogens (tertiary/aromatic N) is 1. The second kappa shape index (κ2) is 3.77. The molecule has 0 aliphatic carbocycles. The first-order chi connectivity index (χ1) is 7.51. The highest BCUT2D eigenvalue weighted by Gasteiger charge is 2.42. The summed E-state index contributed by atoms with van der Waals surface area (Å²) < 4.78 is 0. The van der Waals surface area contributed by atoms with Gasteiger partial charge >= 0.3 is 6.03 Å². The van der Waals surface area contributed by atoms with E-state index in [9.17, 15) is 14.4 Å². The maximum absolute atomic E-state index is 11.3. The first kappa shape index (κ1) is 10.9. The molecule has 2 heterocycles. The number of carbonyl (C=O) groups excluding carboxylic acids is 3. The van der Waals surface area contributed by atoms with Gasteiger partial charge in [0.15, 0.2) is 0 Å². The maximum atomic E-state index is 11.3. The number of nitrogens with one attached hydrogen (secondary N) is 1. The lowest BCUT2D eigenvalue weighted by Gasteiger charge is -2.42. The monoisotopic (exact) mass is 225 g/mol. The van der Waals surface area contributed by atoms with Crippen LogP contribution in [0.15, 0.2) is 0 Å². The fourth-order valence-electron chi connectivity index (χ4n) is 2.54. The predicted molar refractivity (Wildman–Crippen MR) is 55.2 cm³/mol. The zero-order valence-electron chi connectivity index (χ0n) is 8.99. The summed E-state index contributed by atoms with van der Waals surface area (Å²) in [6.45, 7) is 1.08. The third-order valence-corrected chi connectivity index (χ3v) is 3.49. The molecule has 2 fully saturated rings. The molecular formula is C10H15N3O3. The molecule has 0 aromatic heterocycles. The number of likely N-dealkylation sites (tertiary alicyclic amines) is 1. The second-order valence-electron chi connectivity index (χ2n) is 4.65. The van der Waals surface area contributed by atoms with Crippen molar-refractivity contribution in [2.75, 3.05) is 13.1 Å². The van der Waals surface area contributed by atoms with Crippen LogP contribution < -0.4 is 11.1 Å². The maximum Gasteiger partial charge on any atom is 0.314 e. The Bertz CT molecular complexity index is 327. The van der Waals surface area contributed by atoms with E-state index in [1.54, 1.807) is 4.90 Å². The quantitative estimate of drug-likeness (QED) is 0.548. The predicted octanol–water partition coefficient (Wildman–Crippen LogP) is -0.416. The standard InChI is InChI=1S/C10H15N3O3/c11-9(16)13-3-1-10(2-4-13)5-7(14)12-8(15)6-10/h1-6H2,(H2,11,16)(H,12,14,15). The van der Waals surface area contributed by atoms with Crippen LogP contribution in [-0.4, -0.2) is 35.8 Å². The number of imide groups is 1. The molecule has 0 aromatic rings. The smallest absolute Gasteiger partial charge is 0.314 e. The molecule has 4 amide bonds. The van der Waals surface area contributed by atoms with Gasteiger partial charge in [-0.05, 0) is 18.3 Å². The van der Waals surface area contributed by atoms with Crippen LogP contribution in [0.3, 0.4) is 0 Å². The van der Waals surface area contributed by atoms with Gasteiger partial charge in [0.05, 0.1) is 0 Å². The average molecular weight is 225 g/mol. The van der Waals surface area contributed by atoms with Crippen LogP contribution in [0.1, 0.15) is 25.7 Å². The van der Waals surface area contributed by atoms with Crippen molar-refractivity contribution < 1.29 is 14.4 Å². The normalized spacial score (nSPS) is 24.4. The summed E-state index contributed by atoms with van der Waals surface area (Å²) in [5, 5.41) is 2.30. The zero-order chi connectivity index (χ0) is 11.8. The van der Waals surface area contributed by atoms with E-state index in [0.29, 0.717) is 38.8 Å². The molecule has 16 heavy (non-hydrogen) atoms. The highest BCUT2D eigenvalue weighted by atomic mass is 16.2. The molecule has 1 spiro atoms. The van der Waals surface area contributed by atoms with E-state index < -0.39 is 6.03 Å². The molecule has 6 heteroatoms. The lowest BCUT2D eigenvalue weighted by molar-refractivity contribution is -0.139. The Kier molecular flexibility index (Phi) is 2.57. The van der Waals surface area contributed by atoms with Crippen LogP contribution in [0.2, 0.25) is 0 Å². The van der Waals surface area contributed by atoms with E-state index >= 15 is 0 Å². The van der Waals surface area contributed by atoms with Crippen molar-refractivity contribution in [3.8, 4) is 0 Å². The van der Waals surface area contributed by atoms with Crippen LogP contribution in [0.4, 0.5) is 4.79 Å². The molecule has 0 aromatic carbocycles. The Morgan fingerprint density at radius 2 is 1.69 bits per heavy atom. The number of urea groups is 1. The average Bonchev–Trinajstić information content (AvgIpc) is 2.16. The van der Waals surface area contributed by atoms with Crippen LogP contribution in [0.5, 0.6) is 0 Å². The van der Waals surface area contributed by atoms with Gasteiger partial charge < -0.3 is 10.6 Å². The summed E-state index contributed by atoms with van der Waals surface area (Å²) in [4.78, 5) is 35.2. The van der Waals surface area contributed by atoms with Gasteiger partial charge in [0.1, 0.15) is 0 Å². The number of rotatable bonds is 0. The third-order valence-electron chi connectivity index (χ3n) is 3.49. The number of carbonyl (C=O) groups is 3. The molecule has 3 N–H and O–H groups in total. The molecule has 2 aliphatic rings. The summed E-state index contributed by atoms with van der Waals surface area (Å²) >= 11 is 0. The van der Waals surface area contributed by atoms with Crippen molar-refractivity contribution in [1.82, 2.24) is 10.2 Å². The Labute approximate surface area is 93.1 Å². The number of hydrogen-bond donors (Lipinski definition) is 2. The van der Waals surface area contributed by atoms with Gasteiger partial charge in [-0.3, -0.25) is 14.9 Å². The van der Waals surface area contributed by atoms with Crippen molar-refractivity contribution in [2.24, 2.45) is 11.1 Å². The van der Waals surface area contributed by atoms with Crippen molar-refractivity contribution in [2.45, 2.75) is 25.7 Å². The lowest BCUT2D eigenvalue weighted by Crippen LogP contribution is -2.51. The molecule has 2 saturated heterocycles. The minimum Gasteiger partial charge on any atom is -0.351 e. The van der Waals surface area contributed by atoms with E-state index in [4.69, 9.17) is 5.73 Å². The summed E-state index contributed by atoms with van der Waals surface area (Å²) in [7, 11) is 0. The van der Waals surface area contributed by atoms with E-state index in [1.807, 2.05) is 0 Å². The zero-order valence-corrected chi connectivity index (χ0v) is 8.99. The first-order valence-corrected chi connectivity index (χ1v) is 5.38. The number of amides is 4. The topological polar surface area (TPSA) is 92.5 Å². The summed E-state index contributed by atoms with van der Waals surface area (Å²) in [6.07, 6.45) is 2.11. The highest BCUT2D eigenvalue weighted by molar-refractivity contribution is 5.98. The SMILES string of the molecule is NC(=O)N1CCC2(CC1)CC(=O)NC(=O)C2. The first-order valence-electron chi connectivity index (χ1n) is 5.38.